The molecule has 2 aromatic rings. The molecule has 0 fully saturated rings. The number of rotatable bonds is 7. The SMILES string of the molecule is CN=C(NCCc1ccc(S(C)(=O)=O)cc1)NCCc1cc(F)ccc1F. The lowest BCUT2D eigenvalue weighted by atomic mass is 10.1. The van der Waals surface area contributed by atoms with Crippen LogP contribution in [0, 0.1) is 11.6 Å². The van der Waals surface area contributed by atoms with E-state index in [1.807, 2.05) is 0 Å². The van der Waals surface area contributed by atoms with Crippen LogP contribution in [0.4, 0.5) is 8.78 Å². The van der Waals surface area contributed by atoms with Gasteiger partial charge in [-0.1, -0.05) is 12.1 Å². The van der Waals surface area contributed by atoms with Crippen LogP contribution in [0.5, 0.6) is 0 Å². The molecule has 0 aliphatic rings. The molecule has 2 N–H and O–H groups in total. The highest BCUT2D eigenvalue weighted by molar-refractivity contribution is 7.90. The van der Waals surface area contributed by atoms with Crippen LogP contribution in [0.2, 0.25) is 0 Å². The summed E-state index contributed by atoms with van der Waals surface area (Å²) in [4.78, 5) is 4.38. The number of guanidine groups is 1. The second-order valence-corrected chi connectivity index (χ2v) is 8.09. The third-order valence-corrected chi connectivity index (χ3v) is 5.10. The number of nitrogens with one attached hydrogen (secondary N) is 2. The fourth-order valence-electron chi connectivity index (χ4n) is 2.50. The van der Waals surface area contributed by atoms with Crippen LogP contribution in [0.15, 0.2) is 52.4 Å². The number of benzene rings is 2. The molecule has 0 amide bonds. The molecule has 0 bridgehead atoms. The summed E-state index contributed by atoms with van der Waals surface area (Å²) >= 11 is 0. The number of nitrogens with zero attached hydrogens (tertiary/aromatic N) is 1. The van der Waals surface area contributed by atoms with Gasteiger partial charge in [-0.2, -0.15) is 0 Å². The van der Waals surface area contributed by atoms with Gasteiger partial charge in [0.15, 0.2) is 15.8 Å². The molecule has 0 unspecified atom stereocenters. The van der Waals surface area contributed by atoms with Crippen molar-refractivity contribution in [1.82, 2.24) is 10.6 Å². The van der Waals surface area contributed by atoms with E-state index in [-0.39, 0.29) is 0 Å². The number of halogens is 2. The summed E-state index contributed by atoms with van der Waals surface area (Å²) in [5, 5.41) is 6.18. The van der Waals surface area contributed by atoms with Gasteiger partial charge in [-0.15, -0.1) is 0 Å². The van der Waals surface area contributed by atoms with Gasteiger partial charge in [0, 0.05) is 26.4 Å². The maximum absolute atomic E-state index is 13.6. The molecule has 27 heavy (non-hydrogen) atoms. The highest BCUT2D eigenvalue weighted by atomic mass is 32.2. The van der Waals surface area contributed by atoms with E-state index in [0.29, 0.717) is 42.3 Å². The summed E-state index contributed by atoms with van der Waals surface area (Å²) in [6, 6.07) is 10.1. The molecule has 0 aromatic heterocycles. The molecular weight excluding hydrogens is 372 g/mol. The third kappa shape index (κ3) is 6.63. The Labute approximate surface area is 158 Å². The van der Waals surface area contributed by atoms with Crippen molar-refractivity contribution in [3.63, 3.8) is 0 Å². The molecule has 0 saturated heterocycles. The highest BCUT2D eigenvalue weighted by Gasteiger charge is 2.07. The smallest absolute Gasteiger partial charge is 0.190 e. The van der Waals surface area contributed by atoms with Crippen LogP contribution < -0.4 is 10.6 Å². The van der Waals surface area contributed by atoms with Crippen molar-refractivity contribution in [2.45, 2.75) is 17.7 Å². The van der Waals surface area contributed by atoms with Crippen LogP contribution in [0.25, 0.3) is 0 Å². The van der Waals surface area contributed by atoms with Crippen molar-refractivity contribution in [2.24, 2.45) is 4.99 Å². The van der Waals surface area contributed by atoms with E-state index >= 15 is 0 Å². The van der Waals surface area contributed by atoms with Gasteiger partial charge in [0.2, 0.25) is 0 Å². The first-order valence-electron chi connectivity index (χ1n) is 8.47. The fourth-order valence-corrected chi connectivity index (χ4v) is 3.13. The third-order valence-electron chi connectivity index (χ3n) is 3.98. The monoisotopic (exact) mass is 395 g/mol. The minimum Gasteiger partial charge on any atom is -0.356 e. The average molecular weight is 395 g/mol. The molecule has 2 aromatic carbocycles. The molecule has 0 atom stereocenters. The Morgan fingerprint density at radius 2 is 1.63 bits per heavy atom. The van der Waals surface area contributed by atoms with E-state index in [2.05, 4.69) is 15.6 Å². The molecule has 5 nitrogen and oxygen atoms in total. The summed E-state index contributed by atoms with van der Waals surface area (Å²) < 4.78 is 49.6. The Morgan fingerprint density at radius 3 is 2.22 bits per heavy atom. The number of hydrogen-bond donors (Lipinski definition) is 2. The Morgan fingerprint density at radius 1 is 1.00 bits per heavy atom. The van der Waals surface area contributed by atoms with Gasteiger partial charge in [0.05, 0.1) is 4.90 Å². The Balaban J connectivity index is 1.78. The molecule has 0 radical (unpaired) electrons. The lowest BCUT2D eigenvalue weighted by Gasteiger charge is -2.12. The topological polar surface area (TPSA) is 70.6 Å². The zero-order chi connectivity index (χ0) is 19.9. The van der Waals surface area contributed by atoms with E-state index in [1.165, 1.54) is 12.3 Å². The fraction of sp³-hybridized carbons (Fsp3) is 0.316. The lowest BCUT2D eigenvalue weighted by Crippen LogP contribution is -2.39. The van der Waals surface area contributed by atoms with Gasteiger partial charge in [-0.3, -0.25) is 4.99 Å². The molecule has 0 aliphatic carbocycles. The van der Waals surface area contributed by atoms with Crippen molar-refractivity contribution in [3.8, 4) is 0 Å². The maximum Gasteiger partial charge on any atom is 0.190 e. The largest absolute Gasteiger partial charge is 0.356 e. The summed E-state index contributed by atoms with van der Waals surface area (Å²) in [5.41, 5.74) is 1.30. The number of sulfone groups is 1. The second-order valence-electron chi connectivity index (χ2n) is 6.08. The summed E-state index contributed by atoms with van der Waals surface area (Å²) in [6.45, 7) is 0.995. The number of aliphatic imine (C=N–C) groups is 1. The molecular formula is C19H23F2N3O2S. The first-order valence-corrected chi connectivity index (χ1v) is 10.4. The first-order chi connectivity index (χ1) is 12.8. The zero-order valence-corrected chi connectivity index (χ0v) is 16.1. The lowest BCUT2D eigenvalue weighted by molar-refractivity contribution is 0.583. The zero-order valence-electron chi connectivity index (χ0n) is 15.3. The van der Waals surface area contributed by atoms with E-state index in [4.69, 9.17) is 0 Å². The second kappa shape index (κ2) is 9.45. The standard InChI is InChI=1S/C19H23F2N3O2S/c1-22-19(24-12-10-15-13-16(20)5-8-18(15)21)23-11-9-14-3-6-17(7-4-14)27(2,25)26/h3-8,13H,9-12H2,1-2H3,(H2,22,23,24). The first kappa shape index (κ1) is 20.8. The maximum atomic E-state index is 13.6. The van der Waals surface area contributed by atoms with Gasteiger partial charge in [0.25, 0.3) is 0 Å². The van der Waals surface area contributed by atoms with Gasteiger partial charge in [0.1, 0.15) is 11.6 Å². The van der Waals surface area contributed by atoms with E-state index in [9.17, 15) is 17.2 Å². The summed E-state index contributed by atoms with van der Waals surface area (Å²) in [7, 11) is -1.57. The predicted molar refractivity (Wildman–Crippen MR) is 103 cm³/mol. The van der Waals surface area contributed by atoms with E-state index in [0.717, 1.165) is 17.7 Å². The van der Waals surface area contributed by atoms with Crippen molar-refractivity contribution < 1.29 is 17.2 Å². The molecule has 0 saturated carbocycles. The van der Waals surface area contributed by atoms with Gasteiger partial charge >= 0.3 is 0 Å². The predicted octanol–water partition coefficient (Wildman–Crippen LogP) is 2.32. The molecule has 0 spiro atoms. The van der Waals surface area contributed by atoms with Gasteiger partial charge < -0.3 is 10.6 Å². The molecule has 0 aliphatic heterocycles. The van der Waals surface area contributed by atoms with Crippen molar-refractivity contribution in [1.29, 1.82) is 0 Å². The van der Waals surface area contributed by atoms with Crippen molar-refractivity contribution >= 4 is 15.8 Å². The molecule has 0 heterocycles. The van der Waals surface area contributed by atoms with Crippen LogP contribution in [0.1, 0.15) is 11.1 Å². The average Bonchev–Trinajstić information content (AvgIpc) is 2.63. The van der Waals surface area contributed by atoms with Gasteiger partial charge in [-0.05, 0) is 54.3 Å². The molecule has 2 rings (SSSR count). The highest BCUT2D eigenvalue weighted by Crippen LogP contribution is 2.11. The minimum atomic E-state index is -3.19. The summed E-state index contributed by atoms with van der Waals surface area (Å²) in [5.74, 6) is -0.339. The Hall–Kier alpha value is -2.48. The summed E-state index contributed by atoms with van der Waals surface area (Å²) in [6.07, 6.45) is 2.19. The number of hydrogen-bond acceptors (Lipinski definition) is 3. The van der Waals surface area contributed by atoms with Crippen molar-refractivity contribution in [3.05, 3.63) is 65.2 Å². The van der Waals surface area contributed by atoms with Crippen LogP contribution in [-0.2, 0) is 22.7 Å². The van der Waals surface area contributed by atoms with E-state index < -0.39 is 21.5 Å². The van der Waals surface area contributed by atoms with Crippen LogP contribution >= 0.6 is 0 Å². The van der Waals surface area contributed by atoms with Crippen molar-refractivity contribution in [2.75, 3.05) is 26.4 Å². The quantitative estimate of drug-likeness (QED) is 0.558. The van der Waals surface area contributed by atoms with E-state index in [1.54, 1.807) is 31.3 Å². The normalized spacial score (nSPS) is 12.1. The Kier molecular flexibility index (Phi) is 7.29. The van der Waals surface area contributed by atoms with Crippen LogP contribution in [-0.4, -0.2) is 40.8 Å². The Bertz CT molecular complexity index is 898. The van der Waals surface area contributed by atoms with Gasteiger partial charge in [-0.25, -0.2) is 17.2 Å². The molecule has 8 heteroatoms. The van der Waals surface area contributed by atoms with Crippen LogP contribution in [0.3, 0.4) is 0 Å². The molecule has 146 valence electrons. The minimum absolute atomic E-state index is 0.293.